The number of hydrogen-bond acceptors (Lipinski definition) is 3. The van der Waals surface area contributed by atoms with Crippen molar-refractivity contribution in [1.29, 1.82) is 0 Å². The number of nitrogens with one attached hydrogen (secondary N) is 1. The first-order valence-corrected chi connectivity index (χ1v) is 9.04. The van der Waals surface area contributed by atoms with Crippen LogP contribution in [0.25, 0.3) is 0 Å². The summed E-state index contributed by atoms with van der Waals surface area (Å²) in [5, 5.41) is 0. The van der Waals surface area contributed by atoms with Crippen LogP contribution in [0.15, 0.2) is 32.0 Å². The maximum Gasteiger partial charge on any atom is 0.241 e. The number of nitrogens with two attached hydrogens (primary N) is 1. The Hall–Kier alpha value is 0.0500. The summed E-state index contributed by atoms with van der Waals surface area (Å²) in [6.45, 7) is 4.13. The molecule has 0 heterocycles. The van der Waals surface area contributed by atoms with Gasteiger partial charge < -0.3 is 5.73 Å². The first kappa shape index (κ1) is 17.1. The van der Waals surface area contributed by atoms with Crippen molar-refractivity contribution >= 4 is 41.9 Å². The summed E-state index contributed by atoms with van der Waals surface area (Å²) in [6, 6.07) is 4.94. The Balaban J connectivity index is 2.93. The van der Waals surface area contributed by atoms with Gasteiger partial charge in [-0.15, -0.1) is 0 Å². The third kappa shape index (κ3) is 4.53. The quantitative estimate of drug-likeness (QED) is 0.752. The lowest BCUT2D eigenvalue weighted by molar-refractivity contribution is 0.391. The van der Waals surface area contributed by atoms with E-state index >= 15 is 0 Å². The predicted octanol–water partition coefficient (Wildman–Crippen LogP) is 3.01. The third-order valence-electron chi connectivity index (χ3n) is 3.21. The fourth-order valence-electron chi connectivity index (χ4n) is 1.51. The third-order valence-corrected chi connectivity index (χ3v) is 6.08. The van der Waals surface area contributed by atoms with E-state index in [1.807, 2.05) is 13.8 Å². The standard InChI is InChI=1S/C12H18Br2N2O2S/c1-3-12(15,4-2)8-16-19(17,18)11-6-5-9(13)7-10(11)14/h5-7,16H,3-4,8,15H2,1-2H3. The number of halogens is 2. The maximum absolute atomic E-state index is 12.2. The zero-order valence-electron chi connectivity index (χ0n) is 10.9. The van der Waals surface area contributed by atoms with Gasteiger partial charge in [0.25, 0.3) is 0 Å². The zero-order chi connectivity index (χ0) is 14.7. The van der Waals surface area contributed by atoms with E-state index in [1.54, 1.807) is 18.2 Å². The molecule has 0 aliphatic rings. The average molecular weight is 414 g/mol. The molecular formula is C12H18Br2N2O2S. The first-order chi connectivity index (χ1) is 8.74. The average Bonchev–Trinajstić information content (AvgIpc) is 2.35. The molecule has 0 spiro atoms. The smallest absolute Gasteiger partial charge is 0.241 e. The van der Waals surface area contributed by atoms with Crippen molar-refractivity contribution in [3.63, 3.8) is 0 Å². The van der Waals surface area contributed by atoms with Crippen molar-refractivity contribution in [2.75, 3.05) is 6.54 Å². The molecule has 4 nitrogen and oxygen atoms in total. The van der Waals surface area contributed by atoms with E-state index in [4.69, 9.17) is 5.73 Å². The summed E-state index contributed by atoms with van der Waals surface area (Å²) in [6.07, 6.45) is 1.43. The Morgan fingerprint density at radius 2 is 1.84 bits per heavy atom. The molecule has 1 aromatic rings. The lowest BCUT2D eigenvalue weighted by Gasteiger charge is -2.26. The van der Waals surface area contributed by atoms with Gasteiger partial charge in [0.15, 0.2) is 0 Å². The van der Waals surface area contributed by atoms with Crippen LogP contribution in [0.5, 0.6) is 0 Å². The van der Waals surface area contributed by atoms with Crippen LogP contribution in [0.2, 0.25) is 0 Å². The molecule has 0 atom stereocenters. The van der Waals surface area contributed by atoms with Crippen LogP contribution >= 0.6 is 31.9 Å². The van der Waals surface area contributed by atoms with Gasteiger partial charge in [-0.1, -0.05) is 29.8 Å². The molecule has 0 aliphatic carbocycles. The molecule has 0 amide bonds. The Bertz CT molecular complexity index is 543. The molecule has 0 fully saturated rings. The summed E-state index contributed by atoms with van der Waals surface area (Å²) in [5.41, 5.74) is 5.59. The van der Waals surface area contributed by atoms with Gasteiger partial charge in [-0.3, -0.25) is 0 Å². The fourth-order valence-corrected chi connectivity index (χ4v) is 4.39. The molecular weight excluding hydrogens is 396 g/mol. The molecule has 0 unspecified atom stereocenters. The van der Waals surface area contributed by atoms with Crippen molar-refractivity contribution in [2.45, 2.75) is 37.1 Å². The molecule has 1 aromatic carbocycles. The van der Waals surface area contributed by atoms with Crippen LogP contribution in [0.4, 0.5) is 0 Å². The molecule has 0 aromatic heterocycles. The zero-order valence-corrected chi connectivity index (χ0v) is 14.9. The lowest BCUT2D eigenvalue weighted by Crippen LogP contribution is -2.49. The first-order valence-electron chi connectivity index (χ1n) is 5.97. The molecule has 0 saturated heterocycles. The summed E-state index contributed by atoms with van der Waals surface area (Å²) < 4.78 is 28.4. The van der Waals surface area contributed by atoms with Gasteiger partial charge in [0.2, 0.25) is 10.0 Å². The Morgan fingerprint density at radius 1 is 1.26 bits per heavy atom. The predicted molar refractivity (Wildman–Crippen MR) is 84.5 cm³/mol. The SMILES string of the molecule is CCC(N)(CC)CNS(=O)(=O)c1ccc(Br)cc1Br. The van der Waals surface area contributed by atoms with Gasteiger partial charge in [0.1, 0.15) is 0 Å². The second kappa shape index (κ2) is 6.67. The second-order valence-electron chi connectivity index (χ2n) is 4.47. The maximum atomic E-state index is 12.2. The van der Waals surface area contributed by atoms with Crippen LogP contribution in [-0.2, 0) is 10.0 Å². The highest BCUT2D eigenvalue weighted by molar-refractivity contribution is 9.11. The molecule has 108 valence electrons. The Morgan fingerprint density at radius 3 is 2.32 bits per heavy atom. The number of rotatable bonds is 6. The minimum absolute atomic E-state index is 0.213. The summed E-state index contributed by atoms with van der Waals surface area (Å²) in [4.78, 5) is 0.213. The van der Waals surface area contributed by atoms with Crippen molar-refractivity contribution in [3.8, 4) is 0 Å². The van der Waals surface area contributed by atoms with Crippen molar-refractivity contribution in [2.24, 2.45) is 5.73 Å². The Labute approximate surface area is 131 Å². The van der Waals surface area contributed by atoms with Crippen LogP contribution < -0.4 is 10.5 Å². The van der Waals surface area contributed by atoms with E-state index in [9.17, 15) is 8.42 Å². The van der Waals surface area contributed by atoms with Crippen molar-refractivity contribution in [3.05, 3.63) is 27.1 Å². The summed E-state index contributed by atoms with van der Waals surface area (Å²) in [5.74, 6) is 0. The van der Waals surface area contributed by atoms with Gasteiger partial charge in [0.05, 0.1) is 4.90 Å². The van der Waals surface area contributed by atoms with Gasteiger partial charge in [0, 0.05) is 21.0 Å². The number of sulfonamides is 1. The van der Waals surface area contributed by atoms with Gasteiger partial charge >= 0.3 is 0 Å². The highest BCUT2D eigenvalue weighted by Gasteiger charge is 2.25. The molecule has 19 heavy (non-hydrogen) atoms. The van der Waals surface area contributed by atoms with Gasteiger partial charge in [-0.25, -0.2) is 13.1 Å². The Kier molecular flexibility index (Phi) is 6.00. The topological polar surface area (TPSA) is 72.2 Å². The van der Waals surface area contributed by atoms with Crippen molar-refractivity contribution < 1.29 is 8.42 Å². The minimum Gasteiger partial charge on any atom is -0.324 e. The van der Waals surface area contributed by atoms with Gasteiger partial charge in [-0.2, -0.15) is 0 Å². The fraction of sp³-hybridized carbons (Fsp3) is 0.500. The highest BCUT2D eigenvalue weighted by Crippen LogP contribution is 2.25. The van der Waals surface area contributed by atoms with Gasteiger partial charge in [-0.05, 0) is 47.0 Å². The van der Waals surface area contributed by atoms with E-state index in [2.05, 4.69) is 36.6 Å². The summed E-state index contributed by atoms with van der Waals surface area (Å²) in [7, 11) is -3.56. The normalized spacial score (nSPS) is 12.7. The lowest BCUT2D eigenvalue weighted by atomic mass is 9.95. The molecule has 0 bridgehead atoms. The van der Waals surface area contributed by atoms with Crippen molar-refractivity contribution in [1.82, 2.24) is 4.72 Å². The largest absolute Gasteiger partial charge is 0.324 e. The van der Waals surface area contributed by atoms with Crippen LogP contribution in [0.3, 0.4) is 0 Å². The number of hydrogen-bond donors (Lipinski definition) is 2. The number of benzene rings is 1. The second-order valence-corrected chi connectivity index (χ2v) is 7.97. The van der Waals surface area contributed by atoms with E-state index in [-0.39, 0.29) is 11.4 Å². The summed E-state index contributed by atoms with van der Waals surface area (Å²) >= 11 is 6.55. The molecule has 7 heteroatoms. The molecule has 3 N–H and O–H groups in total. The van der Waals surface area contributed by atoms with E-state index in [1.165, 1.54) is 0 Å². The van der Waals surface area contributed by atoms with E-state index in [0.29, 0.717) is 17.3 Å². The van der Waals surface area contributed by atoms with E-state index < -0.39 is 15.6 Å². The molecule has 0 radical (unpaired) electrons. The van der Waals surface area contributed by atoms with Crippen LogP contribution in [-0.4, -0.2) is 20.5 Å². The van der Waals surface area contributed by atoms with Crippen LogP contribution in [0.1, 0.15) is 26.7 Å². The van der Waals surface area contributed by atoms with Crippen LogP contribution in [0, 0.1) is 0 Å². The minimum atomic E-state index is -3.56. The monoisotopic (exact) mass is 412 g/mol. The molecule has 1 rings (SSSR count). The molecule has 0 saturated carbocycles. The highest BCUT2D eigenvalue weighted by atomic mass is 79.9. The van der Waals surface area contributed by atoms with E-state index in [0.717, 1.165) is 4.47 Å². The molecule has 0 aliphatic heterocycles.